The Morgan fingerprint density at radius 3 is 2.20 bits per heavy atom. The molecule has 0 aliphatic heterocycles. The largest absolute Gasteiger partial charge is 0.497 e. The first kappa shape index (κ1) is 23.4. The maximum absolute atomic E-state index is 13.3. The molecule has 10 heteroatoms. The van der Waals surface area contributed by atoms with Crippen molar-refractivity contribution in [1.29, 1.82) is 0 Å². The van der Waals surface area contributed by atoms with Gasteiger partial charge in [0, 0.05) is 24.5 Å². The molecule has 0 saturated heterocycles. The number of rotatable bonds is 7. The monoisotopic (exact) mass is 473 g/mol. The number of ether oxygens (including phenoxy) is 1. The zero-order chi connectivity index (χ0) is 24.9. The Labute approximate surface area is 199 Å². The van der Waals surface area contributed by atoms with Crippen molar-refractivity contribution >= 4 is 34.2 Å². The van der Waals surface area contributed by atoms with Crippen molar-refractivity contribution in [2.75, 3.05) is 17.7 Å². The Kier molecular flexibility index (Phi) is 6.72. The molecule has 10 nitrogen and oxygen atoms in total. The summed E-state index contributed by atoms with van der Waals surface area (Å²) < 4.78 is 7.44. The van der Waals surface area contributed by atoms with Crippen molar-refractivity contribution in [3.63, 3.8) is 0 Å². The zero-order valence-electron chi connectivity index (χ0n) is 19.1. The van der Waals surface area contributed by atoms with Gasteiger partial charge in [-0.15, -0.1) is 0 Å². The lowest BCUT2D eigenvalue weighted by molar-refractivity contribution is -0.117. The van der Waals surface area contributed by atoms with E-state index < -0.39 is 17.2 Å². The summed E-state index contributed by atoms with van der Waals surface area (Å²) in [6.07, 6.45) is 1.47. The molecule has 2 amide bonds. The molecule has 0 radical (unpaired) electrons. The van der Waals surface area contributed by atoms with Crippen molar-refractivity contribution < 1.29 is 14.3 Å². The van der Waals surface area contributed by atoms with Crippen molar-refractivity contribution in [3.8, 4) is 5.75 Å². The van der Waals surface area contributed by atoms with E-state index >= 15 is 0 Å². The van der Waals surface area contributed by atoms with Crippen LogP contribution < -0.4 is 26.6 Å². The molecular weight excluding hydrogens is 450 g/mol. The molecule has 178 valence electrons. The van der Waals surface area contributed by atoms with Crippen LogP contribution in [0.5, 0.6) is 5.75 Å². The van der Waals surface area contributed by atoms with Gasteiger partial charge in [-0.1, -0.05) is 12.1 Å². The Balaban J connectivity index is 1.64. The third-order valence-electron chi connectivity index (χ3n) is 5.28. The van der Waals surface area contributed by atoms with Gasteiger partial charge in [0.1, 0.15) is 12.3 Å². The average molecular weight is 473 g/mol. The van der Waals surface area contributed by atoms with Gasteiger partial charge in [-0.2, -0.15) is 0 Å². The Morgan fingerprint density at radius 2 is 1.57 bits per heavy atom. The Hall–Kier alpha value is -4.73. The minimum absolute atomic E-state index is 0.0143. The maximum atomic E-state index is 13.3. The van der Waals surface area contributed by atoms with Crippen molar-refractivity contribution in [2.24, 2.45) is 0 Å². The lowest BCUT2D eigenvalue weighted by Gasteiger charge is -2.14. The number of hydrogen-bond acceptors (Lipinski definition) is 6. The molecule has 0 bridgehead atoms. The van der Waals surface area contributed by atoms with E-state index in [9.17, 15) is 19.2 Å². The maximum Gasteiger partial charge on any atom is 0.332 e. The van der Waals surface area contributed by atoms with Crippen LogP contribution >= 0.6 is 0 Å². The SMILES string of the molecule is COc1ccc(Cn2c(=O)c3ncccc3n(CC(=O)Nc3ccc(NC(C)=O)cc3)c2=O)cc1. The molecule has 0 aliphatic rings. The van der Waals surface area contributed by atoms with Crippen LogP contribution in [-0.4, -0.2) is 33.0 Å². The van der Waals surface area contributed by atoms with Gasteiger partial charge in [-0.25, -0.2) is 9.78 Å². The van der Waals surface area contributed by atoms with Crippen LogP contribution in [0.1, 0.15) is 12.5 Å². The van der Waals surface area contributed by atoms with E-state index in [4.69, 9.17) is 4.74 Å². The van der Waals surface area contributed by atoms with Gasteiger partial charge in [0.15, 0.2) is 5.52 Å². The molecule has 0 saturated carbocycles. The summed E-state index contributed by atoms with van der Waals surface area (Å²) in [6, 6.07) is 16.7. The number of carbonyl (C=O) groups is 2. The predicted octanol–water partition coefficient (Wildman–Crippen LogP) is 2.21. The fourth-order valence-corrected chi connectivity index (χ4v) is 3.63. The van der Waals surface area contributed by atoms with Gasteiger partial charge >= 0.3 is 5.69 Å². The van der Waals surface area contributed by atoms with E-state index in [0.717, 1.165) is 10.1 Å². The minimum atomic E-state index is -0.623. The topological polar surface area (TPSA) is 124 Å². The molecule has 0 atom stereocenters. The Bertz CT molecular complexity index is 1510. The molecule has 0 unspecified atom stereocenters. The van der Waals surface area contributed by atoms with E-state index in [1.807, 2.05) is 0 Å². The first-order valence-electron chi connectivity index (χ1n) is 10.7. The van der Waals surface area contributed by atoms with E-state index in [-0.39, 0.29) is 30.0 Å². The first-order chi connectivity index (χ1) is 16.9. The molecular formula is C25H23N5O5. The van der Waals surface area contributed by atoms with Gasteiger partial charge in [-0.05, 0) is 54.1 Å². The number of fused-ring (bicyclic) bond motifs is 1. The highest BCUT2D eigenvalue weighted by atomic mass is 16.5. The molecule has 35 heavy (non-hydrogen) atoms. The summed E-state index contributed by atoms with van der Waals surface area (Å²) in [5, 5.41) is 5.37. The number of aromatic nitrogens is 3. The molecule has 2 N–H and O–H groups in total. The van der Waals surface area contributed by atoms with Crippen LogP contribution in [0, 0.1) is 0 Å². The van der Waals surface area contributed by atoms with Gasteiger partial charge in [0.05, 0.1) is 19.2 Å². The number of nitrogens with zero attached hydrogens (tertiary/aromatic N) is 3. The zero-order valence-corrected chi connectivity index (χ0v) is 19.1. The fraction of sp³-hybridized carbons (Fsp3) is 0.160. The van der Waals surface area contributed by atoms with Crippen molar-refractivity contribution in [1.82, 2.24) is 14.1 Å². The summed E-state index contributed by atoms with van der Waals surface area (Å²) in [4.78, 5) is 54.5. The van der Waals surface area contributed by atoms with Gasteiger partial charge < -0.3 is 15.4 Å². The molecule has 0 fully saturated rings. The van der Waals surface area contributed by atoms with Gasteiger partial charge in [0.2, 0.25) is 11.8 Å². The van der Waals surface area contributed by atoms with Crippen LogP contribution in [0.3, 0.4) is 0 Å². The number of carbonyl (C=O) groups excluding carboxylic acids is 2. The number of benzene rings is 2. The number of pyridine rings is 1. The molecule has 2 aromatic heterocycles. The van der Waals surface area contributed by atoms with Gasteiger partial charge in [-0.3, -0.25) is 23.5 Å². The standard InChI is InChI=1S/C25H23N5O5/c1-16(31)27-18-7-9-19(10-8-18)28-22(32)15-29-21-4-3-13-26-23(21)24(33)30(25(29)34)14-17-5-11-20(35-2)12-6-17/h3-13H,14-15H2,1-2H3,(H,27,31)(H,28,32). The summed E-state index contributed by atoms with van der Waals surface area (Å²) in [7, 11) is 1.55. The quantitative estimate of drug-likeness (QED) is 0.424. The van der Waals surface area contributed by atoms with E-state index in [1.165, 1.54) is 17.7 Å². The van der Waals surface area contributed by atoms with E-state index in [0.29, 0.717) is 17.1 Å². The highest BCUT2D eigenvalue weighted by Crippen LogP contribution is 2.14. The molecule has 2 aromatic carbocycles. The molecule has 0 aliphatic carbocycles. The lowest BCUT2D eigenvalue weighted by atomic mass is 10.2. The third kappa shape index (κ3) is 5.27. The number of nitrogens with one attached hydrogen (secondary N) is 2. The number of methoxy groups -OCH3 is 1. The second-order valence-corrected chi connectivity index (χ2v) is 7.79. The van der Waals surface area contributed by atoms with Crippen molar-refractivity contribution in [3.05, 3.63) is 93.3 Å². The van der Waals surface area contributed by atoms with Crippen LogP contribution in [0.2, 0.25) is 0 Å². The van der Waals surface area contributed by atoms with Crippen LogP contribution in [-0.2, 0) is 22.7 Å². The highest BCUT2D eigenvalue weighted by Gasteiger charge is 2.16. The summed E-state index contributed by atoms with van der Waals surface area (Å²) >= 11 is 0. The van der Waals surface area contributed by atoms with E-state index in [2.05, 4.69) is 15.6 Å². The summed E-state index contributed by atoms with van der Waals surface area (Å²) in [6.45, 7) is 1.10. The molecule has 0 spiro atoms. The highest BCUT2D eigenvalue weighted by molar-refractivity contribution is 5.92. The second kappa shape index (κ2) is 10.0. The third-order valence-corrected chi connectivity index (χ3v) is 5.28. The lowest BCUT2D eigenvalue weighted by Crippen LogP contribution is -2.42. The number of amides is 2. The Morgan fingerprint density at radius 1 is 0.914 bits per heavy atom. The summed E-state index contributed by atoms with van der Waals surface area (Å²) in [5.74, 6) is -0.00828. The average Bonchev–Trinajstić information content (AvgIpc) is 2.85. The van der Waals surface area contributed by atoms with Crippen LogP contribution in [0.25, 0.3) is 11.0 Å². The van der Waals surface area contributed by atoms with Crippen LogP contribution in [0.15, 0.2) is 76.4 Å². The smallest absolute Gasteiger partial charge is 0.332 e. The summed E-state index contributed by atoms with van der Waals surface area (Å²) in [5.41, 5.74) is 1.00. The molecule has 4 rings (SSSR count). The van der Waals surface area contributed by atoms with Crippen LogP contribution in [0.4, 0.5) is 11.4 Å². The fourth-order valence-electron chi connectivity index (χ4n) is 3.63. The number of hydrogen-bond donors (Lipinski definition) is 2. The van der Waals surface area contributed by atoms with Crippen molar-refractivity contribution in [2.45, 2.75) is 20.0 Å². The minimum Gasteiger partial charge on any atom is -0.497 e. The number of anilines is 2. The first-order valence-corrected chi connectivity index (χ1v) is 10.7. The molecule has 4 aromatic rings. The van der Waals surface area contributed by atoms with Gasteiger partial charge in [0.25, 0.3) is 5.56 Å². The predicted molar refractivity (Wildman–Crippen MR) is 132 cm³/mol. The normalized spacial score (nSPS) is 10.7. The second-order valence-electron chi connectivity index (χ2n) is 7.79. The van der Waals surface area contributed by atoms with E-state index in [1.54, 1.807) is 67.8 Å². The molecule has 2 heterocycles.